The molecule has 1 aromatic heterocycles. The molecule has 4 amide bonds. The highest BCUT2D eigenvalue weighted by Crippen LogP contribution is 2.48. The van der Waals surface area contributed by atoms with E-state index < -0.39 is 86.2 Å². The number of carbonyl (C=O) groups is 4. The highest BCUT2D eigenvalue weighted by atomic mass is 32.2. The first-order valence-corrected chi connectivity index (χ1v) is 21.0. The Morgan fingerprint density at radius 3 is 2.49 bits per heavy atom. The third-order valence-corrected chi connectivity index (χ3v) is 14.1. The molecule has 0 bridgehead atoms. The fraction of sp³-hybridized carbons (Fsp3) is 0.625. The Bertz CT molecular complexity index is 2030. The fourth-order valence-corrected chi connectivity index (χ4v) is 9.12. The number of alkyl halides is 2. The van der Waals surface area contributed by atoms with E-state index in [9.17, 15) is 36.4 Å². The van der Waals surface area contributed by atoms with Gasteiger partial charge >= 0.3 is 6.09 Å². The summed E-state index contributed by atoms with van der Waals surface area (Å²) in [6, 6.07) is 4.73. The number of hydrogen-bond donors (Lipinski definition) is 3. The third-order valence-electron chi connectivity index (χ3n) is 12.0. The van der Waals surface area contributed by atoms with Crippen LogP contribution in [0.5, 0.6) is 11.6 Å². The number of aromatic nitrogens is 1. The number of benzene rings is 1. The number of rotatable bonds is 10. The zero-order chi connectivity index (χ0) is 41.5. The molecule has 0 radical (unpaired) electrons. The lowest BCUT2D eigenvalue weighted by molar-refractivity contribution is -0.142. The summed E-state index contributed by atoms with van der Waals surface area (Å²) >= 11 is 0. The van der Waals surface area contributed by atoms with Crippen LogP contribution in [-0.4, -0.2) is 96.3 Å². The molecule has 3 heterocycles. The van der Waals surface area contributed by atoms with Gasteiger partial charge in [-0.25, -0.2) is 27.0 Å². The molecule has 0 unspecified atom stereocenters. The van der Waals surface area contributed by atoms with Crippen molar-refractivity contribution in [3.63, 3.8) is 0 Å². The van der Waals surface area contributed by atoms with Gasteiger partial charge in [0.2, 0.25) is 27.7 Å². The predicted molar refractivity (Wildman–Crippen MR) is 206 cm³/mol. The molecule has 0 spiro atoms. The summed E-state index contributed by atoms with van der Waals surface area (Å²) in [7, 11) is -2.53. The van der Waals surface area contributed by atoms with Crippen LogP contribution in [0.4, 0.5) is 13.6 Å². The van der Waals surface area contributed by atoms with Crippen LogP contribution in [-0.2, 0) is 29.1 Å². The van der Waals surface area contributed by atoms with Crippen molar-refractivity contribution < 1.29 is 50.6 Å². The Kier molecular flexibility index (Phi) is 11.8. The third kappa shape index (κ3) is 8.68. The summed E-state index contributed by atoms with van der Waals surface area (Å²) in [6.45, 7) is 7.41. The maximum Gasteiger partial charge on any atom is 0.408 e. The molecule has 1 saturated heterocycles. The van der Waals surface area contributed by atoms with Gasteiger partial charge in [-0.1, -0.05) is 50.6 Å². The Balaban J connectivity index is 1.37. The number of amides is 4. The molecule has 1 aromatic carbocycles. The lowest BCUT2D eigenvalue weighted by Crippen LogP contribution is -2.59. The van der Waals surface area contributed by atoms with Crippen molar-refractivity contribution in [2.24, 2.45) is 17.8 Å². The first-order valence-electron chi connectivity index (χ1n) is 19.6. The minimum atomic E-state index is -4.05. The van der Waals surface area contributed by atoms with E-state index in [0.29, 0.717) is 49.7 Å². The van der Waals surface area contributed by atoms with Gasteiger partial charge in [0, 0.05) is 23.1 Å². The normalized spacial score (nSPS) is 29.5. The van der Waals surface area contributed by atoms with Gasteiger partial charge in [-0.3, -0.25) is 19.1 Å². The molecule has 2 saturated carbocycles. The number of halogens is 2. The van der Waals surface area contributed by atoms with Crippen molar-refractivity contribution in [1.82, 2.24) is 25.2 Å². The van der Waals surface area contributed by atoms with Gasteiger partial charge in [0.05, 0.1) is 24.6 Å². The number of ether oxygens (including phenoxy) is 3. The first-order chi connectivity index (χ1) is 26.8. The minimum absolute atomic E-state index is 0.0340. The quantitative estimate of drug-likeness (QED) is 0.276. The molecule has 2 aliphatic carbocycles. The van der Waals surface area contributed by atoms with Gasteiger partial charge in [-0.2, -0.15) is 0 Å². The predicted octanol–water partition coefficient (Wildman–Crippen LogP) is 5.01. The van der Waals surface area contributed by atoms with E-state index in [-0.39, 0.29) is 31.2 Å². The van der Waals surface area contributed by atoms with E-state index in [0.717, 1.165) is 19.2 Å². The maximum atomic E-state index is 14.9. The second-order valence-corrected chi connectivity index (χ2v) is 18.9. The molecule has 4 aliphatic rings. The van der Waals surface area contributed by atoms with Gasteiger partial charge in [0.25, 0.3) is 12.3 Å². The summed E-state index contributed by atoms with van der Waals surface area (Å²) in [5.74, 6) is -2.47. The Labute approximate surface area is 331 Å². The SMILES string of the molecule is CC[C@@H]1C[C@@H](C)CC/C=C\[C@@H]2C[C@@]2(C(=O)NS(=O)(=O)C2(C)CC2)NC(=O)[C@@H]2C[C@@H](Oc3ncc(OC)c4ccccc34)CN2C(=O)[C@H]1NC(=O)OC(C)(C)C(F)F. The minimum Gasteiger partial charge on any atom is -0.494 e. The molecule has 14 nitrogen and oxygen atoms in total. The van der Waals surface area contributed by atoms with Crippen molar-refractivity contribution in [2.75, 3.05) is 13.7 Å². The number of allylic oxidation sites excluding steroid dienone is 1. The Morgan fingerprint density at radius 2 is 1.84 bits per heavy atom. The van der Waals surface area contributed by atoms with Gasteiger partial charge in [0.15, 0.2) is 5.60 Å². The topological polar surface area (TPSA) is 182 Å². The monoisotopic (exact) mass is 817 g/mol. The number of nitrogens with zero attached hydrogens (tertiary/aromatic N) is 2. The molecule has 6 rings (SSSR count). The van der Waals surface area contributed by atoms with Crippen LogP contribution in [0.2, 0.25) is 0 Å². The number of pyridine rings is 1. The summed E-state index contributed by atoms with van der Waals surface area (Å²) in [5, 5.41) is 6.76. The van der Waals surface area contributed by atoms with E-state index in [1.165, 1.54) is 18.2 Å². The van der Waals surface area contributed by atoms with Crippen LogP contribution in [0.15, 0.2) is 42.6 Å². The van der Waals surface area contributed by atoms with E-state index >= 15 is 0 Å². The Hall–Kier alpha value is -4.54. The van der Waals surface area contributed by atoms with E-state index in [2.05, 4.69) is 20.3 Å². The number of carbonyl (C=O) groups excluding carboxylic acids is 4. The summed E-state index contributed by atoms with van der Waals surface area (Å²) in [4.78, 5) is 62.4. The van der Waals surface area contributed by atoms with Crippen molar-refractivity contribution in [2.45, 2.75) is 126 Å². The number of hydrogen-bond acceptors (Lipinski definition) is 10. The Morgan fingerprint density at radius 1 is 1.14 bits per heavy atom. The number of methoxy groups -OCH3 is 1. The van der Waals surface area contributed by atoms with Crippen molar-refractivity contribution in [3.05, 3.63) is 42.6 Å². The molecular formula is C40H53F2N5O9S. The molecular weight excluding hydrogens is 765 g/mol. The molecule has 17 heteroatoms. The maximum absolute atomic E-state index is 14.9. The molecule has 312 valence electrons. The highest BCUT2D eigenvalue weighted by Gasteiger charge is 2.63. The smallest absolute Gasteiger partial charge is 0.408 e. The first kappa shape index (κ1) is 42.1. The second kappa shape index (κ2) is 16.0. The van der Waals surface area contributed by atoms with Crippen LogP contribution in [0.25, 0.3) is 10.8 Å². The number of nitrogens with one attached hydrogen (secondary N) is 3. The zero-order valence-electron chi connectivity index (χ0n) is 33.2. The number of alkyl carbamates (subject to hydrolysis) is 1. The van der Waals surface area contributed by atoms with Crippen molar-refractivity contribution in [3.8, 4) is 11.6 Å². The fourth-order valence-electron chi connectivity index (χ4n) is 7.81. The molecule has 2 aromatic rings. The van der Waals surface area contributed by atoms with E-state index in [4.69, 9.17) is 14.2 Å². The molecule has 3 N–H and O–H groups in total. The van der Waals surface area contributed by atoms with E-state index in [1.807, 2.05) is 38.1 Å². The largest absolute Gasteiger partial charge is 0.494 e. The van der Waals surface area contributed by atoms with Crippen molar-refractivity contribution >= 4 is 44.6 Å². The zero-order valence-corrected chi connectivity index (χ0v) is 34.0. The van der Waals surface area contributed by atoms with Gasteiger partial charge in [-0.15, -0.1) is 0 Å². The van der Waals surface area contributed by atoms with E-state index in [1.54, 1.807) is 19.1 Å². The van der Waals surface area contributed by atoms with Gasteiger partial charge in [0.1, 0.15) is 29.5 Å². The molecule has 2 aliphatic heterocycles. The molecule has 7 atom stereocenters. The summed E-state index contributed by atoms with van der Waals surface area (Å²) in [5.41, 5.74) is -3.76. The van der Waals surface area contributed by atoms with Crippen LogP contribution in [0, 0.1) is 17.8 Å². The number of fused-ring (bicyclic) bond motifs is 3. The van der Waals surface area contributed by atoms with Crippen molar-refractivity contribution in [1.29, 1.82) is 0 Å². The second-order valence-electron chi connectivity index (χ2n) is 16.7. The van der Waals surface area contributed by atoms with Gasteiger partial charge in [-0.05, 0) is 77.2 Å². The molecule has 57 heavy (non-hydrogen) atoms. The summed E-state index contributed by atoms with van der Waals surface area (Å²) in [6.07, 6.45) is 3.23. The highest BCUT2D eigenvalue weighted by molar-refractivity contribution is 7.91. The average Bonchev–Trinajstić information content (AvgIpc) is 4.04. The number of sulfonamides is 1. The summed E-state index contributed by atoms with van der Waals surface area (Å²) < 4.78 is 72.1. The average molecular weight is 818 g/mol. The standard InChI is InChI=1S/C40H53F2N5O9S/c1-7-24-18-23(2)12-8-9-13-25-20-40(25,36(50)46-57(52,53)39(5)16-17-39)45-32(48)29-19-26(55-33-28-15-11-10-14-27(28)30(54-6)21-43-33)22-47(29)34(49)31(24)44-37(51)56-38(3,4)35(41)42/h9-11,13-15,21,23-26,29,31,35H,7-8,12,16-20,22H2,1-6H3,(H,44,51)(H,45,48)(H,46,50)/b13-9-/t23-,24+,25+,26+,29-,31-,40+/m0/s1. The van der Waals surface area contributed by atoms with Gasteiger partial charge < -0.3 is 29.7 Å². The van der Waals surface area contributed by atoms with Crippen LogP contribution < -0.4 is 24.8 Å². The van der Waals surface area contributed by atoms with Crippen LogP contribution in [0.1, 0.15) is 86.0 Å². The van der Waals surface area contributed by atoms with Crippen LogP contribution in [0.3, 0.4) is 0 Å². The lowest BCUT2D eigenvalue weighted by atomic mass is 9.85. The molecule has 3 fully saturated rings. The lowest BCUT2D eigenvalue weighted by Gasteiger charge is -2.34. The van der Waals surface area contributed by atoms with Crippen LogP contribution >= 0.6 is 0 Å².